The molecule has 0 saturated heterocycles. The zero-order valence-electron chi connectivity index (χ0n) is 9.71. The van der Waals surface area contributed by atoms with Gasteiger partial charge in [0.1, 0.15) is 0 Å². The summed E-state index contributed by atoms with van der Waals surface area (Å²) in [6.07, 6.45) is 0.776. The topological polar surface area (TPSA) is 12.0 Å². The average molecular weight is 365 g/mol. The molecule has 1 unspecified atom stereocenters. The van der Waals surface area contributed by atoms with Gasteiger partial charge in [-0.25, -0.2) is 0 Å². The Morgan fingerprint density at radius 2 is 2.00 bits per heavy atom. The fraction of sp³-hybridized carbons (Fsp3) is 0.231. The minimum absolute atomic E-state index is 0.213. The van der Waals surface area contributed by atoms with E-state index in [0.717, 1.165) is 25.8 Å². The van der Waals surface area contributed by atoms with E-state index in [1.54, 1.807) is 11.3 Å². The van der Waals surface area contributed by atoms with Crippen LogP contribution >= 0.6 is 50.5 Å². The molecule has 2 rings (SSSR count). The van der Waals surface area contributed by atoms with Crippen LogP contribution in [-0.4, -0.2) is 7.05 Å². The van der Waals surface area contributed by atoms with Crippen LogP contribution < -0.4 is 5.32 Å². The van der Waals surface area contributed by atoms with Crippen LogP contribution in [0.25, 0.3) is 0 Å². The first-order chi connectivity index (χ1) is 8.61. The largest absolute Gasteiger partial charge is 0.313 e. The smallest absolute Gasteiger partial charge is 0.0701 e. The van der Waals surface area contributed by atoms with Crippen molar-refractivity contribution in [2.24, 2.45) is 0 Å². The minimum atomic E-state index is 0.213. The molecular weight excluding hydrogens is 353 g/mol. The first-order valence-electron chi connectivity index (χ1n) is 5.46. The van der Waals surface area contributed by atoms with Gasteiger partial charge in [0, 0.05) is 16.1 Å². The highest BCUT2D eigenvalue weighted by Crippen LogP contribution is 2.31. The summed E-state index contributed by atoms with van der Waals surface area (Å²) in [6, 6.07) is 7.95. The van der Waals surface area contributed by atoms with Crippen LogP contribution in [0, 0.1) is 0 Å². The van der Waals surface area contributed by atoms with Gasteiger partial charge in [0.15, 0.2) is 0 Å². The van der Waals surface area contributed by atoms with Crippen LogP contribution in [0.5, 0.6) is 0 Å². The van der Waals surface area contributed by atoms with E-state index in [1.807, 2.05) is 25.2 Å². The molecule has 0 fully saturated rings. The van der Waals surface area contributed by atoms with Gasteiger partial charge in [0.25, 0.3) is 0 Å². The monoisotopic (exact) mass is 363 g/mol. The highest BCUT2D eigenvalue weighted by atomic mass is 79.9. The van der Waals surface area contributed by atoms with E-state index in [0.29, 0.717) is 0 Å². The van der Waals surface area contributed by atoms with Gasteiger partial charge in [0.2, 0.25) is 0 Å². The van der Waals surface area contributed by atoms with Crippen molar-refractivity contribution < 1.29 is 0 Å². The molecule has 18 heavy (non-hydrogen) atoms. The lowest BCUT2D eigenvalue weighted by Crippen LogP contribution is -2.18. The van der Waals surface area contributed by atoms with Gasteiger partial charge < -0.3 is 5.32 Å². The number of hydrogen-bond donors (Lipinski definition) is 1. The summed E-state index contributed by atoms with van der Waals surface area (Å²) in [5, 5.41) is 6.88. The summed E-state index contributed by atoms with van der Waals surface area (Å²) in [5.41, 5.74) is 2.23. The van der Waals surface area contributed by atoms with E-state index in [2.05, 4.69) is 32.7 Å². The predicted molar refractivity (Wildman–Crippen MR) is 84.0 cm³/mol. The summed E-state index contributed by atoms with van der Waals surface area (Å²) < 4.78 is 1.13. The van der Waals surface area contributed by atoms with Crippen molar-refractivity contribution in [3.63, 3.8) is 0 Å². The SMILES string of the molecule is CNC(Cc1c(Cl)cccc1Cl)c1csc(Br)c1. The van der Waals surface area contributed by atoms with Gasteiger partial charge in [-0.2, -0.15) is 0 Å². The molecule has 0 aliphatic heterocycles. The minimum Gasteiger partial charge on any atom is -0.313 e. The Morgan fingerprint density at radius 1 is 1.33 bits per heavy atom. The van der Waals surface area contributed by atoms with E-state index in [-0.39, 0.29) is 6.04 Å². The summed E-state index contributed by atoms with van der Waals surface area (Å²) >= 11 is 17.6. The lowest BCUT2D eigenvalue weighted by Gasteiger charge is -2.16. The Hall–Kier alpha value is -0.0600. The van der Waals surface area contributed by atoms with Crippen LogP contribution in [0.15, 0.2) is 33.4 Å². The van der Waals surface area contributed by atoms with E-state index in [9.17, 15) is 0 Å². The molecule has 1 N–H and O–H groups in total. The van der Waals surface area contributed by atoms with Crippen molar-refractivity contribution in [1.82, 2.24) is 5.32 Å². The second-order valence-electron chi connectivity index (χ2n) is 3.93. The third kappa shape index (κ3) is 3.28. The Bertz CT molecular complexity index is 521. The Kier molecular flexibility index (Phi) is 5.10. The fourth-order valence-corrected chi connectivity index (χ4v) is 3.61. The molecule has 0 spiro atoms. The number of likely N-dealkylation sites (N-methyl/N-ethyl adjacent to an activating group) is 1. The fourth-order valence-electron chi connectivity index (χ4n) is 1.82. The maximum Gasteiger partial charge on any atom is 0.0701 e. The Balaban J connectivity index is 2.26. The molecule has 1 heterocycles. The van der Waals surface area contributed by atoms with Gasteiger partial charge >= 0.3 is 0 Å². The van der Waals surface area contributed by atoms with Gasteiger partial charge in [0.05, 0.1) is 3.79 Å². The van der Waals surface area contributed by atoms with Gasteiger partial charge in [-0.3, -0.25) is 0 Å². The number of nitrogens with one attached hydrogen (secondary N) is 1. The molecular formula is C13H12BrCl2NS. The number of benzene rings is 1. The van der Waals surface area contributed by atoms with E-state index >= 15 is 0 Å². The van der Waals surface area contributed by atoms with Crippen LogP contribution in [0.2, 0.25) is 10.0 Å². The zero-order chi connectivity index (χ0) is 13.1. The molecule has 1 atom stereocenters. The van der Waals surface area contributed by atoms with Crippen LogP contribution in [-0.2, 0) is 6.42 Å². The normalized spacial score (nSPS) is 12.7. The highest BCUT2D eigenvalue weighted by molar-refractivity contribution is 9.11. The Labute approximate surface area is 129 Å². The number of thiophene rings is 1. The standard InChI is InChI=1S/C13H12BrCl2NS/c1-17-12(8-5-13(14)18-7-8)6-9-10(15)3-2-4-11(9)16/h2-5,7,12,17H,6H2,1H3. The average Bonchev–Trinajstić information content (AvgIpc) is 2.76. The maximum absolute atomic E-state index is 6.20. The lowest BCUT2D eigenvalue weighted by molar-refractivity contribution is 0.594. The molecule has 0 saturated carbocycles. The molecule has 0 aliphatic carbocycles. The summed E-state index contributed by atoms with van der Waals surface area (Å²) in [6.45, 7) is 0. The van der Waals surface area contributed by atoms with Crippen LogP contribution in [0.4, 0.5) is 0 Å². The quantitative estimate of drug-likeness (QED) is 0.773. The number of rotatable bonds is 4. The molecule has 1 aromatic heterocycles. The van der Waals surface area contributed by atoms with Crippen molar-refractivity contribution in [1.29, 1.82) is 0 Å². The Morgan fingerprint density at radius 3 is 2.50 bits per heavy atom. The third-order valence-corrected chi connectivity index (χ3v) is 5.04. The second-order valence-corrected chi connectivity index (χ2v) is 7.03. The predicted octanol–water partition coefficient (Wildman–Crippen LogP) is 5.32. The van der Waals surface area contributed by atoms with Crippen LogP contribution in [0.1, 0.15) is 17.2 Å². The van der Waals surface area contributed by atoms with Gasteiger partial charge in [-0.05, 0) is 64.1 Å². The van der Waals surface area contributed by atoms with Crippen molar-refractivity contribution in [3.05, 3.63) is 54.6 Å². The molecule has 5 heteroatoms. The zero-order valence-corrected chi connectivity index (χ0v) is 13.6. The molecule has 1 nitrogen and oxygen atoms in total. The number of hydrogen-bond acceptors (Lipinski definition) is 2. The van der Waals surface area contributed by atoms with E-state index in [1.165, 1.54) is 5.56 Å². The molecule has 96 valence electrons. The van der Waals surface area contributed by atoms with Crippen LogP contribution in [0.3, 0.4) is 0 Å². The van der Waals surface area contributed by atoms with E-state index in [4.69, 9.17) is 23.2 Å². The molecule has 0 bridgehead atoms. The summed E-state index contributed by atoms with van der Waals surface area (Å²) in [5.74, 6) is 0. The number of halogens is 3. The molecule has 2 aromatic rings. The van der Waals surface area contributed by atoms with Crippen molar-refractivity contribution in [2.45, 2.75) is 12.5 Å². The molecule has 0 amide bonds. The van der Waals surface area contributed by atoms with Crippen molar-refractivity contribution >= 4 is 50.5 Å². The highest BCUT2D eigenvalue weighted by Gasteiger charge is 2.15. The summed E-state index contributed by atoms with van der Waals surface area (Å²) in [7, 11) is 1.95. The third-order valence-electron chi connectivity index (χ3n) is 2.81. The molecule has 1 aromatic carbocycles. The maximum atomic E-state index is 6.20. The summed E-state index contributed by atoms with van der Waals surface area (Å²) in [4.78, 5) is 0. The van der Waals surface area contributed by atoms with Crippen molar-refractivity contribution in [2.75, 3.05) is 7.05 Å². The lowest BCUT2D eigenvalue weighted by atomic mass is 10.0. The molecule has 0 radical (unpaired) electrons. The molecule has 0 aliphatic rings. The first kappa shape index (κ1) is 14.4. The second kappa shape index (κ2) is 6.40. The van der Waals surface area contributed by atoms with E-state index < -0.39 is 0 Å². The first-order valence-corrected chi connectivity index (χ1v) is 7.88. The van der Waals surface area contributed by atoms with Gasteiger partial charge in [-0.1, -0.05) is 29.3 Å². The van der Waals surface area contributed by atoms with Gasteiger partial charge in [-0.15, -0.1) is 11.3 Å². The van der Waals surface area contributed by atoms with Crippen molar-refractivity contribution in [3.8, 4) is 0 Å².